The summed E-state index contributed by atoms with van der Waals surface area (Å²) in [5, 5.41) is 14.1. The third-order valence-electron chi connectivity index (χ3n) is 7.36. The number of halogens is 2. The monoisotopic (exact) mass is 614 g/mol. The second-order valence-electron chi connectivity index (χ2n) is 10.3. The van der Waals surface area contributed by atoms with E-state index in [0.717, 1.165) is 5.56 Å². The predicted molar refractivity (Wildman–Crippen MR) is 168 cm³/mol. The predicted octanol–water partition coefficient (Wildman–Crippen LogP) is 5.52. The maximum absolute atomic E-state index is 13.7. The molecule has 0 fully saturated rings. The van der Waals surface area contributed by atoms with E-state index in [2.05, 4.69) is 21.4 Å². The molecule has 10 nitrogen and oxygen atoms in total. The summed E-state index contributed by atoms with van der Waals surface area (Å²) >= 11 is 12.1. The molecule has 2 aromatic heterocycles. The first kappa shape index (κ1) is 29.8. The molecule has 4 aromatic rings. The van der Waals surface area contributed by atoms with Crippen molar-refractivity contribution in [2.75, 3.05) is 10.3 Å². The Morgan fingerprint density at radius 3 is 2.63 bits per heavy atom. The number of hydrazine groups is 1. The number of aromatic nitrogens is 3. The van der Waals surface area contributed by atoms with Crippen molar-refractivity contribution in [1.82, 2.24) is 14.5 Å². The molecular weight excluding hydrogens is 587 g/mol. The van der Waals surface area contributed by atoms with Crippen LogP contribution in [0.5, 0.6) is 0 Å². The number of amides is 1. The number of rotatable bonds is 4. The van der Waals surface area contributed by atoms with Crippen LogP contribution in [-0.2, 0) is 4.79 Å². The van der Waals surface area contributed by atoms with E-state index >= 15 is 0 Å². The van der Waals surface area contributed by atoms with Gasteiger partial charge in [-0.1, -0.05) is 36.5 Å². The first-order valence-electron chi connectivity index (χ1n) is 13.5. The number of benzene rings is 2. The van der Waals surface area contributed by atoms with Gasteiger partial charge in [-0.25, -0.2) is 10.8 Å². The standard InChI is InChI=1S/C31H28Cl2N8O2/c1-18-3-2-4-27(20-9-10-37-24(12-20)22-7-5-19(15-34)11-26(22)39-31(18)43)40-17-38-25(14-30(40)42)23-13-21(32)6-8-28(23)41(36)16-29(33)35/h5-14,16-18,27H,2-4,35-36H2,1H3,(H,39,43)/b29-16-. The number of fused-ring (bicyclic) bond motifs is 4. The normalized spacial score (nSPS) is 17.1. The van der Waals surface area contributed by atoms with Gasteiger partial charge in [-0.05, 0) is 66.9 Å². The van der Waals surface area contributed by atoms with Gasteiger partial charge in [0.1, 0.15) is 5.16 Å². The van der Waals surface area contributed by atoms with Crippen LogP contribution in [0.15, 0.2) is 83.3 Å². The SMILES string of the molecule is CC1CCCC(n2cnc(-c3cc(Cl)ccc3N(N)/C=C(\N)Cl)cc2=O)c2ccnc(c2)-c2ccc(C#N)cc2NC1=O. The highest BCUT2D eigenvalue weighted by Crippen LogP contribution is 2.34. The third kappa shape index (κ3) is 6.54. The smallest absolute Gasteiger partial charge is 0.254 e. The number of nitrogens with one attached hydrogen (secondary N) is 1. The van der Waals surface area contributed by atoms with Crippen molar-refractivity contribution in [3.05, 3.63) is 105 Å². The molecule has 0 spiro atoms. The largest absolute Gasteiger partial charge is 0.388 e. The number of nitriles is 1. The van der Waals surface area contributed by atoms with Crippen molar-refractivity contribution in [1.29, 1.82) is 5.26 Å². The lowest BCUT2D eigenvalue weighted by atomic mass is 9.94. The zero-order valence-corrected chi connectivity index (χ0v) is 24.7. The molecular formula is C31H28Cl2N8O2. The lowest BCUT2D eigenvalue weighted by Gasteiger charge is -2.23. The van der Waals surface area contributed by atoms with E-state index in [1.165, 1.54) is 23.6 Å². The molecule has 2 bridgehead atoms. The molecule has 0 radical (unpaired) electrons. The molecule has 0 saturated carbocycles. The molecule has 2 aromatic carbocycles. The van der Waals surface area contributed by atoms with E-state index in [-0.39, 0.29) is 28.6 Å². The van der Waals surface area contributed by atoms with Crippen LogP contribution >= 0.6 is 23.2 Å². The molecule has 3 heterocycles. The lowest BCUT2D eigenvalue weighted by Crippen LogP contribution is -2.28. The highest BCUT2D eigenvalue weighted by atomic mass is 35.5. The number of anilines is 2. The van der Waals surface area contributed by atoms with Gasteiger partial charge in [0.05, 0.1) is 53.0 Å². The summed E-state index contributed by atoms with van der Waals surface area (Å²) in [6, 6.07) is 17.0. The van der Waals surface area contributed by atoms with Crippen molar-refractivity contribution in [3.8, 4) is 28.6 Å². The van der Waals surface area contributed by atoms with Crippen LogP contribution in [0, 0.1) is 17.2 Å². The van der Waals surface area contributed by atoms with Crippen molar-refractivity contribution in [3.63, 3.8) is 0 Å². The number of nitrogens with zero attached hydrogens (tertiary/aromatic N) is 5. The van der Waals surface area contributed by atoms with Gasteiger partial charge in [-0.3, -0.25) is 24.1 Å². The third-order valence-corrected chi connectivity index (χ3v) is 7.69. The Bertz CT molecular complexity index is 1830. The Labute approximate surface area is 258 Å². The van der Waals surface area contributed by atoms with Crippen LogP contribution in [0.2, 0.25) is 5.02 Å². The fraction of sp³-hybridized carbons (Fsp3) is 0.194. The van der Waals surface area contributed by atoms with E-state index in [0.29, 0.717) is 63.7 Å². The van der Waals surface area contributed by atoms with Gasteiger partial charge in [0.25, 0.3) is 5.56 Å². The van der Waals surface area contributed by atoms with Crippen molar-refractivity contribution in [2.45, 2.75) is 32.2 Å². The Morgan fingerprint density at radius 1 is 1.09 bits per heavy atom. The Kier molecular flexibility index (Phi) is 8.78. The number of carbonyl (C=O) groups excluding carboxylic acids is 1. The summed E-state index contributed by atoms with van der Waals surface area (Å²) in [5.41, 5.74) is 9.76. The molecule has 0 aliphatic carbocycles. The molecule has 1 aliphatic heterocycles. The number of carbonyl (C=O) groups is 1. The van der Waals surface area contributed by atoms with Crippen molar-refractivity contribution in [2.24, 2.45) is 17.5 Å². The summed E-state index contributed by atoms with van der Waals surface area (Å²) in [6.45, 7) is 1.86. The quantitative estimate of drug-likeness (QED) is 0.154. The van der Waals surface area contributed by atoms with Crippen LogP contribution in [0.3, 0.4) is 0 Å². The van der Waals surface area contributed by atoms with Crippen molar-refractivity contribution >= 4 is 40.5 Å². The van der Waals surface area contributed by atoms with E-state index in [4.69, 9.17) is 34.8 Å². The lowest BCUT2D eigenvalue weighted by molar-refractivity contribution is -0.119. The zero-order chi connectivity index (χ0) is 30.7. The molecule has 1 amide bonds. The molecule has 5 rings (SSSR count). The highest BCUT2D eigenvalue weighted by Gasteiger charge is 2.23. The fourth-order valence-electron chi connectivity index (χ4n) is 5.15. The number of nitrogens with two attached hydrogens (primary N) is 2. The summed E-state index contributed by atoms with van der Waals surface area (Å²) in [7, 11) is 0. The van der Waals surface area contributed by atoms with Crippen LogP contribution < -0.4 is 27.5 Å². The van der Waals surface area contributed by atoms with E-state index in [1.807, 2.05) is 19.1 Å². The fourth-order valence-corrected chi connectivity index (χ4v) is 5.42. The van der Waals surface area contributed by atoms with Gasteiger partial charge < -0.3 is 11.1 Å². The van der Waals surface area contributed by atoms with Crippen LogP contribution in [0.4, 0.5) is 11.4 Å². The number of pyridine rings is 1. The average Bonchev–Trinajstić information content (AvgIpc) is 2.98. The van der Waals surface area contributed by atoms with Crippen LogP contribution in [0.25, 0.3) is 22.5 Å². The van der Waals surface area contributed by atoms with Gasteiger partial charge in [0.15, 0.2) is 0 Å². The van der Waals surface area contributed by atoms with Gasteiger partial charge in [-0.2, -0.15) is 5.26 Å². The minimum absolute atomic E-state index is 0.0223. The highest BCUT2D eigenvalue weighted by molar-refractivity contribution is 6.31. The maximum atomic E-state index is 13.7. The van der Waals surface area contributed by atoms with Crippen LogP contribution in [-0.4, -0.2) is 20.4 Å². The molecule has 2 atom stereocenters. The minimum Gasteiger partial charge on any atom is -0.388 e. The molecule has 5 N–H and O–H groups in total. The molecule has 218 valence electrons. The van der Waals surface area contributed by atoms with Crippen molar-refractivity contribution < 1.29 is 4.79 Å². The summed E-state index contributed by atoms with van der Waals surface area (Å²) < 4.78 is 1.58. The maximum Gasteiger partial charge on any atom is 0.254 e. The first-order valence-corrected chi connectivity index (χ1v) is 14.3. The summed E-state index contributed by atoms with van der Waals surface area (Å²) in [6.07, 6.45) is 6.37. The average molecular weight is 616 g/mol. The topological polar surface area (TPSA) is 156 Å². The minimum atomic E-state index is -0.379. The first-order chi connectivity index (χ1) is 20.6. The summed E-state index contributed by atoms with van der Waals surface area (Å²) in [5.74, 6) is 5.71. The number of hydrogen-bond acceptors (Lipinski definition) is 8. The summed E-state index contributed by atoms with van der Waals surface area (Å²) in [4.78, 5) is 35.9. The van der Waals surface area contributed by atoms with E-state index in [9.17, 15) is 14.9 Å². The second-order valence-corrected chi connectivity index (χ2v) is 11.2. The number of hydrogen-bond donors (Lipinski definition) is 3. The van der Waals surface area contributed by atoms with Gasteiger partial charge in [0.2, 0.25) is 5.91 Å². The molecule has 1 aliphatic rings. The molecule has 2 unspecified atom stereocenters. The molecule has 0 saturated heterocycles. The molecule has 43 heavy (non-hydrogen) atoms. The van der Waals surface area contributed by atoms with Gasteiger partial charge in [-0.15, -0.1) is 0 Å². The van der Waals surface area contributed by atoms with Gasteiger partial charge >= 0.3 is 0 Å². The van der Waals surface area contributed by atoms with E-state index < -0.39 is 0 Å². The second kappa shape index (κ2) is 12.7. The molecule has 12 heteroatoms. The van der Waals surface area contributed by atoms with Gasteiger partial charge in [0, 0.05) is 34.3 Å². The Morgan fingerprint density at radius 2 is 1.88 bits per heavy atom. The van der Waals surface area contributed by atoms with E-state index in [1.54, 1.807) is 47.2 Å². The Hall–Kier alpha value is -4.69. The zero-order valence-electron chi connectivity index (χ0n) is 23.2. The van der Waals surface area contributed by atoms with Crippen LogP contribution in [0.1, 0.15) is 43.4 Å². The Balaban J connectivity index is 1.60.